The van der Waals surface area contributed by atoms with Crippen LogP contribution < -0.4 is 10.1 Å². The predicted molar refractivity (Wildman–Crippen MR) is 154 cm³/mol. The van der Waals surface area contributed by atoms with Crippen molar-refractivity contribution in [2.75, 3.05) is 65.0 Å². The molecule has 0 amide bonds. The van der Waals surface area contributed by atoms with E-state index >= 15 is 0 Å². The molecule has 2 unspecified atom stereocenters. The maximum Gasteiger partial charge on any atom is 0.406 e. The molecule has 0 spiro atoms. The highest BCUT2D eigenvalue weighted by Crippen LogP contribution is 2.33. The summed E-state index contributed by atoms with van der Waals surface area (Å²) in [6.45, 7) is 3.78. The third-order valence-electron chi connectivity index (χ3n) is 7.88. The van der Waals surface area contributed by atoms with Crippen molar-refractivity contribution in [2.45, 2.75) is 32.0 Å². The lowest BCUT2D eigenvalue weighted by atomic mass is 9.79. The number of benzene rings is 2. The molecule has 1 fully saturated rings. The van der Waals surface area contributed by atoms with Crippen LogP contribution in [-0.4, -0.2) is 75.4 Å². The lowest BCUT2D eigenvalue weighted by molar-refractivity contribution is -0.140. The van der Waals surface area contributed by atoms with Crippen LogP contribution in [0.5, 0.6) is 5.75 Å². The number of nitrogens with zero attached hydrogens (tertiary/aromatic N) is 2. The molecule has 1 aromatic heterocycles. The van der Waals surface area contributed by atoms with Crippen molar-refractivity contribution in [3.8, 4) is 17.6 Å². The van der Waals surface area contributed by atoms with Crippen LogP contribution in [0.4, 0.5) is 18.9 Å². The molecule has 2 aliphatic rings. The molecule has 6 nitrogen and oxygen atoms in total. The first-order valence-corrected chi connectivity index (χ1v) is 14.3. The van der Waals surface area contributed by atoms with Crippen molar-refractivity contribution in [1.29, 1.82) is 0 Å². The first-order chi connectivity index (χ1) is 19.9. The highest BCUT2D eigenvalue weighted by atomic mass is 19.4. The number of likely N-dealkylation sites (tertiary alicyclic amines) is 1. The highest BCUT2D eigenvalue weighted by molar-refractivity contribution is 5.86. The SMILES string of the molecule is CN1CCC2Cc3cccc4c3cc(n4CC(F)(F)F)C#CCNc3cccc(c3)OCCOCCOCCC2C1. The van der Waals surface area contributed by atoms with Gasteiger partial charge in [0.1, 0.15) is 18.9 Å². The van der Waals surface area contributed by atoms with Crippen LogP contribution in [0, 0.1) is 23.7 Å². The first kappa shape index (κ1) is 29.3. The zero-order valence-corrected chi connectivity index (χ0v) is 23.5. The summed E-state index contributed by atoms with van der Waals surface area (Å²) < 4.78 is 59.7. The lowest BCUT2D eigenvalue weighted by Gasteiger charge is -2.37. The van der Waals surface area contributed by atoms with E-state index in [1.807, 2.05) is 36.4 Å². The average Bonchev–Trinajstić information content (AvgIpc) is 3.28. The molecule has 3 heterocycles. The van der Waals surface area contributed by atoms with E-state index in [1.165, 1.54) is 4.57 Å². The zero-order valence-electron chi connectivity index (χ0n) is 23.5. The summed E-state index contributed by atoms with van der Waals surface area (Å²) in [6, 6.07) is 15.0. The molecule has 9 heteroatoms. The van der Waals surface area contributed by atoms with Crippen molar-refractivity contribution in [2.24, 2.45) is 11.8 Å². The molecule has 2 aliphatic heterocycles. The Kier molecular flexibility index (Phi) is 9.76. The summed E-state index contributed by atoms with van der Waals surface area (Å²) in [7, 11) is 2.14. The van der Waals surface area contributed by atoms with Crippen LogP contribution in [0.1, 0.15) is 24.1 Å². The number of piperidine rings is 1. The molecule has 41 heavy (non-hydrogen) atoms. The van der Waals surface area contributed by atoms with Gasteiger partial charge in [0.05, 0.1) is 32.1 Å². The molecular weight excluding hydrogens is 531 g/mol. The molecule has 5 rings (SSSR count). The molecule has 1 saturated heterocycles. The van der Waals surface area contributed by atoms with Crippen molar-refractivity contribution < 1.29 is 27.4 Å². The van der Waals surface area contributed by atoms with Crippen molar-refractivity contribution >= 4 is 16.6 Å². The largest absolute Gasteiger partial charge is 0.491 e. The maximum atomic E-state index is 13.7. The highest BCUT2D eigenvalue weighted by Gasteiger charge is 2.31. The Morgan fingerprint density at radius 2 is 1.76 bits per heavy atom. The number of ether oxygens (including phenoxy) is 3. The van der Waals surface area contributed by atoms with Gasteiger partial charge in [0.25, 0.3) is 0 Å². The number of nitrogens with one attached hydrogen (secondary N) is 1. The quantitative estimate of drug-likeness (QED) is 0.387. The van der Waals surface area contributed by atoms with Gasteiger partial charge in [0.2, 0.25) is 0 Å². The van der Waals surface area contributed by atoms with Crippen LogP contribution in [0.3, 0.4) is 0 Å². The Morgan fingerprint density at radius 1 is 0.951 bits per heavy atom. The zero-order chi connectivity index (χ0) is 28.7. The van der Waals surface area contributed by atoms with Gasteiger partial charge in [-0.3, -0.25) is 0 Å². The fourth-order valence-electron chi connectivity index (χ4n) is 5.87. The lowest BCUT2D eigenvalue weighted by Crippen LogP contribution is -2.39. The minimum Gasteiger partial charge on any atom is -0.491 e. The van der Waals surface area contributed by atoms with Crippen LogP contribution >= 0.6 is 0 Å². The Bertz CT molecular complexity index is 1360. The molecule has 3 aromatic rings. The Labute approximate surface area is 239 Å². The fourth-order valence-corrected chi connectivity index (χ4v) is 5.87. The van der Waals surface area contributed by atoms with Crippen LogP contribution in [0.15, 0.2) is 48.5 Å². The summed E-state index contributed by atoms with van der Waals surface area (Å²) in [5.41, 5.74) is 2.84. The standard InChI is InChI=1S/C32H38F3N3O3/c1-37-13-10-24-19-25-5-2-9-31-30(25)21-28(38(31)23-32(33,34)35)7-4-12-36-27-6-3-8-29(20-27)41-18-17-40-16-15-39-14-11-26(24)22-37/h2-3,5-6,8-9,20-21,24,26,36H,10-19,22-23H2,1H3. The van der Waals surface area contributed by atoms with Gasteiger partial charge in [-0.15, -0.1) is 0 Å². The second-order valence-electron chi connectivity index (χ2n) is 10.9. The van der Waals surface area contributed by atoms with Gasteiger partial charge < -0.3 is 29.0 Å². The van der Waals surface area contributed by atoms with Gasteiger partial charge >= 0.3 is 6.18 Å². The molecule has 2 aromatic carbocycles. The van der Waals surface area contributed by atoms with Gasteiger partial charge in [0.15, 0.2) is 0 Å². The summed E-state index contributed by atoms with van der Waals surface area (Å²) in [6.07, 6.45) is -1.56. The number of fused-ring (bicyclic) bond motifs is 4. The fraction of sp³-hybridized carbons (Fsp3) is 0.500. The van der Waals surface area contributed by atoms with Crippen LogP contribution in [0.2, 0.25) is 0 Å². The average molecular weight is 570 g/mol. The molecular formula is C32H38F3N3O3. The normalized spacial score (nSPS) is 21.8. The summed E-state index contributed by atoms with van der Waals surface area (Å²) >= 11 is 0. The second-order valence-corrected chi connectivity index (χ2v) is 10.9. The number of halogens is 3. The van der Waals surface area contributed by atoms with Crippen LogP contribution in [0.25, 0.3) is 10.9 Å². The van der Waals surface area contributed by atoms with E-state index < -0.39 is 12.7 Å². The summed E-state index contributed by atoms with van der Waals surface area (Å²) in [5, 5.41) is 4.07. The molecule has 0 aliphatic carbocycles. The van der Waals surface area contributed by atoms with Gasteiger partial charge in [-0.05, 0) is 80.4 Å². The van der Waals surface area contributed by atoms with Gasteiger partial charge in [-0.25, -0.2) is 0 Å². The Morgan fingerprint density at radius 3 is 2.61 bits per heavy atom. The van der Waals surface area contributed by atoms with Crippen molar-refractivity contribution in [1.82, 2.24) is 9.47 Å². The van der Waals surface area contributed by atoms with Crippen LogP contribution in [-0.2, 0) is 22.4 Å². The number of hydrogen-bond donors (Lipinski definition) is 1. The van der Waals surface area contributed by atoms with Gasteiger partial charge in [0, 0.05) is 35.8 Å². The molecule has 4 bridgehead atoms. The van der Waals surface area contributed by atoms with Crippen molar-refractivity contribution in [3.63, 3.8) is 0 Å². The minimum absolute atomic E-state index is 0.282. The third-order valence-corrected chi connectivity index (χ3v) is 7.88. The van der Waals surface area contributed by atoms with Crippen molar-refractivity contribution in [3.05, 3.63) is 59.8 Å². The smallest absolute Gasteiger partial charge is 0.406 e. The van der Waals surface area contributed by atoms with E-state index in [-0.39, 0.29) is 6.54 Å². The number of aromatic nitrogens is 1. The Balaban J connectivity index is 1.45. The number of alkyl halides is 3. The summed E-state index contributed by atoms with van der Waals surface area (Å²) in [4.78, 5) is 2.36. The van der Waals surface area contributed by atoms with E-state index in [4.69, 9.17) is 14.2 Å². The number of hydrogen-bond acceptors (Lipinski definition) is 5. The molecule has 220 valence electrons. The summed E-state index contributed by atoms with van der Waals surface area (Å²) in [5.74, 6) is 7.60. The topological polar surface area (TPSA) is 47.9 Å². The first-order valence-electron chi connectivity index (χ1n) is 14.3. The van der Waals surface area contributed by atoms with Gasteiger partial charge in [-0.1, -0.05) is 24.1 Å². The molecule has 1 N–H and O–H groups in total. The van der Waals surface area contributed by atoms with E-state index in [2.05, 4.69) is 35.2 Å². The van der Waals surface area contributed by atoms with E-state index in [0.29, 0.717) is 61.8 Å². The number of anilines is 1. The molecule has 2 atom stereocenters. The maximum absolute atomic E-state index is 13.7. The third kappa shape index (κ3) is 8.19. The monoisotopic (exact) mass is 569 g/mol. The second kappa shape index (κ2) is 13.6. The number of rotatable bonds is 1. The molecule has 0 saturated carbocycles. The van der Waals surface area contributed by atoms with E-state index in [0.717, 1.165) is 49.0 Å². The predicted octanol–water partition coefficient (Wildman–Crippen LogP) is 5.59. The molecule has 0 radical (unpaired) electrons. The van der Waals surface area contributed by atoms with E-state index in [9.17, 15) is 13.2 Å². The van der Waals surface area contributed by atoms with Gasteiger partial charge in [-0.2, -0.15) is 13.2 Å². The minimum atomic E-state index is -4.36. The Hall–Kier alpha value is -3.19. The van der Waals surface area contributed by atoms with E-state index in [1.54, 1.807) is 6.07 Å².